The largest absolute Gasteiger partial charge is 0.481 e. The van der Waals surface area contributed by atoms with Crippen LogP contribution in [0.25, 0.3) is 9.69 Å². The van der Waals surface area contributed by atoms with E-state index < -0.39 is 35.9 Å². The van der Waals surface area contributed by atoms with Crippen LogP contribution in [0.3, 0.4) is 0 Å². The number of nitrogens with zero attached hydrogens (tertiary/aromatic N) is 4. The summed E-state index contributed by atoms with van der Waals surface area (Å²) in [7, 11) is 0. The Morgan fingerprint density at radius 3 is 1.51 bits per heavy atom. The smallest absolute Gasteiger partial charge is 0.309 e. The lowest BCUT2D eigenvalue weighted by molar-refractivity contribution is -0.145. The van der Waals surface area contributed by atoms with Gasteiger partial charge in [-0.1, -0.05) is 71.7 Å². The lowest BCUT2D eigenvalue weighted by atomic mass is 9.93. The van der Waals surface area contributed by atoms with Crippen LogP contribution in [0.15, 0.2) is 84.9 Å². The number of hydrogen-bond donors (Lipinski definition) is 6. The SMILES string of the molecule is N#Cc1ccc(C(=O)NN)cc1.[C-]#[N+]c1ccc(C[C@@H](C(=O)NCC(=O)c2ccc(C#N)cc2)[C@@H](C)O)cc1Cl.[C-]#[N+]c1ccc(C[C@@H](C(=O)O)[C@@H](C)O)cc1Cl. The van der Waals surface area contributed by atoms with E-state index in [-0.39, 0.29) is 36.1 Å². The summed E-state index contributed by atoms with van der Waals surface area (Å²) in [6.07, 6.45) is -1.48. The monoisotopic (exact) mass is 809 g/mol. The van der Waals surface area contributed by atoms with Crippen molar-refractivity contribution in [1.29, 1.82) is 10.5 Å². The minimum atomic E-state index is -1.05. The van der Waals surface area contributed by atoms with Crippen LogP contribution in [-0.2, 0) is 22.4 Å². The Bertz CT molecular complexity index is 2220. The molecule has 292 valence electrons. The zero-order chi connectivity index (χ0) is 42.7. The van der Waals surface area contributed by atoms with Gasteiger partial charge < -0.3 is 20.6 Å². The Hall–Kier alpha value is -6.62. The Balaban J connectivity index is 0.000000327. The number of carbonyl (C=O) groups is 4. The lowest BCUT2D eigenvalue weighted by Gasteiger charge is -2.19. The minimum Gasteiger partial charge on any atom is -0.481 e. The summed E-state index contributed by atoms with van der Waals surface area (Å²) in [6, 6.07) is 25.9. The highest BCUT2D eigenvalue weighted by atomic mass is 35.5. The number of aliphatic carboxylic acids is 1. The average Bonchev–Trinajstić information content (AvgIpc) is 3.20. The van der Waals surface area contributed by atoms with E-state index in [2.05, 4.69) is 15.0 Å². The van der Waals surface area contributed by atoms with Crippen molar-refractivity contribution in [2.75, 3.05) is 6.54 Å². The molecule has 0 heterocycles. The van der Waals surface area contributed by atoms with Crippen LogP contribution in [0, 0.1) is 47.6 Å². The van der Waals surface area contributed by atoms with Crippen molar-refractivity contribution in [2.24, 2.45) is 17.7 Å². The van der Waals surface area contributed by atoms with Gasteiger partial charge in [-0.3, -0.25) is 24.6 Å². The van der Waals surface area contributed by atoms with E-state index in [0.717, 1.165) is 0 Å². The van der Waals surface area contributed by atoms with E-state index in [1.807, 2.05) is 17.6 Å². The van der Waals surface area contributed by atoms with Crippen LogP contribution >= 0.6 is 23.2 Å². The quantitative estimate of drug-likeness (QED) is 0.0322. The number of nitrogens with one attached hydrogen (secondary N) is 2. The molecule has 0 aromatic heterocycles. The van der Waals surface area contributed by atoms with Crippen LogP contribution in [0.1, 0.15) is 56.8 Å². The molecule has 4 aromatic carbocycles. The van der Waals surface area contributed by atoms with Crippen LogP contribution < -0.4 is 16.6 Å². The van der Waals surface area contributed by atoms with E-state index in [1.165, 1.54) is 38.1 Å². The van der Waals surface area contributed by atoms with Crippen molar-refractivity contribution >= 4 is 58.1 Å². The van der Waals surface area contributed by atoms with E-state index >= 15 is 0 Å². The van der Waals surface area contributed by atoms with Gasteiger partial charge in [0.1, 0.15) is 0 Å². The molecular weight excluding hydrogens is 773 g/mol. The fraction of sp³-hybridized carbons (Fsp3) is 0.220. The number of nitriles is 2. The van der Waals surface area contributed by atoms with Gasteiger partial charge >= 0.3 is 5.97 Å². The molecule has 0 aliphatic carbocycles. The maximum atomic E-state index is 12.5. The molecule has 0 aliphatic rings. The highest BCUT2D eigenvalue weighted by Gasteiger charge is 2.25. The topological polar surface area (TPSA) is 235 Å². The second-order valence-electron chi connectivity index (χ2n) is 12.2. The molecule has 0 aliphatic heterocycles. The number of benzene rings is 4. The first-order chi connectivity index (χ1) is 27.1. The molecule has 4 aromatic rings. The van der Waals surface area contributed by atoms with Gasteiger partial charge in [0, 0.05) is 21.2 Å². The molecule has 0 unspecified atom stereocenters. The molecule has 7 N–H and O–H groups in total. The Kier molecular flexibility index (Phi) is 19.0. The first kappa shape index (κ1) is 46.5. The number of nitrogens with two attached hydrogens (primary N) is 1. The number of hydrogen-bond acceptors (Lipinski definition) is 9. The first-order valence-corrected chi connectivity index (χ1v) is 17.6. The van der Waals surface area contributed by atoms with Gasteiger partial charge in [0.05, 0.1) is 67.0 Å². The Morgan fingerprint density at radius 1 is 0.737 bits per heavy atom. The lowest BCUT2D eigenvalue weighted by Crippen LogP contribution is -2.40. The average molecular weight is 811 g/mol. The molecule has 4 atom stereocenters. The zero-order valence-electron chi connectivity index (χ0n) is 30.6. The summed E-state index contributed by atoms with van der Waals surface area (Å²) in [4.78, 5) is 53.0. The van der Waals surface area contributed by atoms with E-state index in [4.69, 9.17) is 57.8 Å². The maximum Gasteiger partial charge on any atom is 0.309 e. The summed E-state index contributed by atoms with van der Waals surface area (Å²) >= 11 is 11.9. The first-order valence-electron chi connectivity index (χ1n) is 16.8. The minimum absolute atomic E-state index is 0.186. The number of carboxylic acids is 1. The van der Waals surface area contributed by atoms with Gasteiger partial charge in [-0.2, -0.15) is 10.5 Å². The molecule has 16 heteroatoms. The summed E-state index contributed by atoms with van der Waals surface area (Å²) in [6.45, 7) is 16.6. The fourth-order valence-corrected chi connectivity index (χ4v) is 5.39. The molecule has 0 bridgehead atoms. The van der Waals surface area contributed by atoms with Crippen LogP contribution in [0.4, 0.5) is 11.4 Å². The number of Topliss-reactive ketones (excluding diaryl/α,β-unsaturated/α-hetero) is 1. The molecule has 0 radical (unpaired) electrons. The molecule has 57 heavy (non-hydrogen) atoms. The molecule has 0 saturated heterocycles. The Labute approximate surface area is 339 Å². The number of aliphatic hydroxyl groups is 2. The molecule has 0 fully saturated rings. The zero-order valence-corrected chi connectivity index (χ0v) is 32.1. The summed E-state index contributed by atoms with van der Waals surface area (Å²) in [5, 5.41) is 48.7. The molecule has 0 spiro atoms. The van der Waals surface area contributed by atoms with Gasteiger partial charge in [0.2, 0.25) is 17.3 Å². The number of ketones is 1. The van der Waals surface area contributed by atoms with Gasteiger partial charge in [-0.15, -0.1) is 0 Å². The molecule has 14 nitrogen and oxygen atoms in total. The van der Waals surface area contributed by atoms with Gasteiger partial charge in [0.25, 0.3) is 5.91 Å². The number of rotatable bonds is 12. The second kappa shape index (κ2) is 23.3. The van der Waals surface area contributed by atoms with Gasteiger partial charge in [-0.05, 0) is 74.2 Å². The van der Waals surface area contributed by atoms with Crippen LogP contribution in [0.2, 0.25) is 10.0 Å². The van der Waals surface area contributed by atoms with Gasteiger partial charge in [0.15, 0.2) is 5.78 Å². The van der Waals surface area contributed by atoms with Gasteiger partial charge in [-0.25, -0.2) is 15.5 Å². The van der Waals surface area contributed by atoms with E-state index in [9.17, 15) is 29.4 Å². The molecule has 0 saturated carbocycles. The summed E-state index contributed by atoms with van der Waals surface area (Å²) < 4.78 is 0. The van der Waals surface area contributed by atoms with Crippen molar-refractivity contribution in [1.82, 2.24) is 10.7 Å². The van der Waals surface area contributed by atoms with Crippen molar-refractivity contribution in [3.63, 3.8) is 0 Å². The normalized spacial score (nSPS) is 12.0. The van der Waals surface area contributed by atoms with Crippen molar-refractivity contribution in [3.05, 3.63) is 151 Å². The Morgan fingerprint density at radius 2 is 1.16 bits per heavy atom. The molecule has 4 rings (SSSR count). The predicted molar refractivity (Wildman–Crippen MR) is 212 cm³/mol. The number of amides is 2. The van der Waals surface area contributed by atoms with Crippen molar-refractivity contribution in [3.8, 4) is 12.1 Å². The van der Waals surface area contributed by atoms with Crippen molar-refractivity contribution < 1.29 is 34.5 Å². The number of carbonyl (C=O) groups excluding carboxylic acids is 3. The van der Waals surface area contributed by atoms with E-state index in [0.29, 0.717) is 49.8 Å². The highest BCUT2D eigenvalue weighted by molar-refractivity contribution is 6.33. The standard InChI is InChI=1S/C21H18ClN3O3.C12H12ClNO3.C8H7N3O/c1-13(26)17(9-15-5-8-19(24-2)18(22)10-15)21(28)25-12-20(27)16-6-3-14(11-23)4-7-16;1-7(15)9(12(16)17)5-8-3-4-11(14-2)10(13)6-8;9-5-6-1-3-7(4-2-6)8(12)11-10/h3-8,10,13,17,26H,9,12H2,1H3,(H,25,28);3-4,6-7,9,15H,5H2,1H3,(H,16,17);1-4H,10H2,(H,11,12)/t13-,17-;7-,9-;/m11./s1. The number of hydrazine groups is 1. The summed E-state index contributed by atoms with van der Waals surface area (Å²) in [5.74, 6) is 1.10. The third kappa shape index (κ3) is 14.9. The number of nitrogen functional groups attached to an aromatic ring is 1. The molecular formula is C41H37Cl2N7O7. The van der Waals surface area contributed by atoms with Crippen LogP contribution in [0.5, 0.6) is 0 Å². The van der Waals surface area contributed by atoms with Crippen molar-refractivity contribution in [2.45, 2.75) is 38.9 Å². The predicted octanol–water partition coefficient (Wildman–Crippen LogP) is 5.98. The number of carboxylic acid groups (broad SMARTS) is 1. The second-order valence-corrected chi connectivity index (χ2v) is 13.0. The number of aliphatic hydroxyl groups excluding tert-OH is 2. The molecule has 2 amide bonds. The third-order valence-corrected chi connectivity index (χ3v) is 8.77. The van der Waals surface area contributed by atoms with Crippen LogP contribution in [-0.4, -0.2) is 57.6 Å². The summed E-state index contributed by atoms with van der Waals surface area (Å²) in [5.41, 5.74) is 5.83. The number of halogens is 2. The highest BCUT2D eigenvalue weighted by Crippen LogP contribution is 2.28. The fourth-order valence-electron chi connectivity index (χ4n) is 4.90. The maximum absolute atomic E-state index is 12.5. The third-order valence-electron chi connectivity index (χ3n) is 8.16. The van der Waals surface area contributed by atoms with E-state index in [1.54, 1.807) is 60.7 Å².